The van der Waals surface area contributed by atoms with Crippen molar-refractivity contribution in [3.63, 3.8) is 0 Å². The minimum Gasteiger partial charge on any atom is -0.379 e. The minimum absolute atomic E-state index is 0.0849. The van der Waals surface area contributed by atoms with Gasteiger partial charge in [0.2, 0.25) is 0 Å². The lowest BCUT2D eigenvalue weighted by Gasteiger charge is -2.24. The molecule has 0 aliphatic carbocycles. The molecule has 1 aliphatic rings. The molecule has 108 valence electrons. The van der Waals surface area contributed by atoms with Crippen LogP contribution in [0.1, 0.15) is 24.4 Å². The number of alkyl halides is 3. The Morgan fingerprint density at radius 3 is 2.80 bits per heavy atom. The summed E-state index contributed by atoms with van der Waals surface area (Å²) < 4.78 is 45.9. The Hall–Kier alpha value is -1.34. The van der Waals surface area contributed by atoms with E-state index in [1.54, 1.807) is 0 Å². The Morgan fingerprint density at radius 2 is 2.15 bits per heavy atom. The summed E-state index contributed by atoms with van der Waals surface area (Å²) >= 11 is 5.24. The highest BCUT2D eigenvalue weighted by Gasteiger charge is 2.31. The van der Waals surface area contributed by atoms with Crippen molar-refractivity contribution in [2.45, 2.75) is 25.1 Å². The van der Waals surface area contributed by atoms with Gasteiger partial charge in [0.25, 0.3) is 0 Å². The number of H-pyrrole nitrogens is 1. The van der Waals surface area contributed by atoms with Gasteiger partial charge in [-0.05, 0) is 43.3 Å². The van der Waals surface area contributed by atoms with Crippen LogP contribution in [0.25, 0.3) is 11.0 Å². The third-order valence-corrected chi connectivity index (χ3v) is 3.84. The monoisotopic (exact) mass is 302 g/mol. The molecule has 0 radical (unpaired) electrons. The molecule has 7 heteroatoms. The zero-order valence-corrected chi connectivity index (χ0v) is 11.4. The van der Waals surface area contributed by atoms with E-state index in [1.165, 1.54) is 6.07 Å². The molecule has 0 amide bonds. The van der Waals surface area contributed by atoms with Crippen LogP contribution in [0.15, 0.2) is 18.2 Å². The molecule has 1 fully saturated rings. The number of hydrogen-bond acceptors (Lipinski definition) is 2. The highest BCUT2D eigenvalue weighted by Crippen LogP contribution is 2.32. The summed E-state index contributed by atoms with van der Waals surface area (Å²) in [5.74, 6) is 0. The van der Waals surface area contributed by atoms with Gasteiger partial charge in [-0.1, -0.05) is 0 Å². The minimum atomic E-state index is -4.35. The SMILES string of the molecule is FC(F)(F)c1ccc2c(c1)[nH]c(=S)n2C1CCCOC1. The molecule has 3 nitrogen and oxygen atoms in total. The predicted octanol–water partition coefficient (Wildman–Crippen LogP) is 4.07. The number of fused-ring (bicyclic) bond motifs is 1. The number of aromatic nitrogens is 2. The molecule has 1 N–H and O–H groups in total. The van der Waals surface area contributed by atoms with E-state index < -0.39 is 11.7 Å². The molecule has 2 aromatic rings. The van der Waals surface area contributed by atoms with Gasteiger partial charge in [-0.3, -0.25) is 0 Å². The van der Waals surface area contributed by atoms with E-state index in [1.807, 2.05) is 4.57 Å². The average Bonchev–Trinajstić information content (AvgIpc) is 2.73. The third-order valence-electron chi connectivity index (χ3n) is 3.55. The molecular weight excluding hydrogens is 289 g/mol. The second kappa shape index (κ2) is 4.89. The Balaban J connectivity index is 2.10. The molecule has 1 aliphatic heterocycles. The van der Waals surface area contributed by atoms with E-state index in [2.05, 4.69) is 4.98 Å². The maximum absolute atomic E-state index is 12.7. The fourth-order valence-electron chi connectivity index (χ4n) is 2.60. The quantitative estimate of drug-likeness (QED) is 0.805. The number of halogens is 3. The predicted molar refractivity (Wildman–Crippen MR) is 71.2 cm³/mol. The van der Waals surface area contributed by atoms with Crippen molar-refractivity contribution in [3.05, 3.63) is 28.5 Å². The van der Waals surface area contributed by atoms with Gasteiger partial charge in [-0.15, -0.1) is 0 Å². The number of imidazole rings is 1. The molecule has 0 spiro atoms. The molecule has 1 atom stereocenters. The van der Waals surface area contributed by atoms with E-state index in [4.69, 9.17) is 17.0 Å². The van der Waals surface area contributed by atoms with E-state index in [-0.39, 0.29) is 6.04 Å². The Labute approximate surface area is 118 Å². The van der Waals surface area contributed by atoms with Crippen LogP contribution in [0.2, 0.25) is 0 Å². The summed E-state index contributed by atoms with van der Waals surface area (Å²) in [7, 11) is 0. The van der Waals surface area contributed by atoms with Crippen LogP contribution >= 0.6 is 12.2 Å². The van der Waals surface area contributed by atoms with Gasteiger partial charge >= 0.3 is 6.18 Å². The number of benzene rings is 1. The number of rotatable bonds is 1. The van der Waals surface area contributed by atoms with Crippen molar-refractivity contribution < 1.29 is 17.9 Å². The maximum atomic E-state index is 12.7. The van der Waals surface area contributed by atoms with Crippen molar-refractivity contribution in [1.29, 1.82) is 0 Å². The van der Waals surface area contributed by atoms with Crippen molar-refractivity contribution in [3.8, 4) is 0 Å². The van der Waals surface area contributed by atoms with Crippen molar-refractivity contribution in [1.82, 2.24) is 9.55 Å². The highest BCUT2D eigenvalue weighted by atomic mass is 32.1. The summed E-state index contributed by atoms with van der Waals surface area (Å²) in [4.78, 5) is 2.86. The van der Waals surface area contributed by atoms with Crippen LogP contribution in [0, 0.1) is 4.77 Å². The lowest BCUT2D eigenvalue weighted by atomic mass is 10.1. The molecule has 0 saturated carbocycles. The van der Waals surface area contributed by atoms with Gasteiger partial charge in [-0.25, -0.2) is 0 Å². The van der Waals surface area contributed by atoms with Gasteiger partial charge in [-0.2, -0.15) is 13.2 Å². The van der Waals surface area contributed by atoms with E-state index in [0.717, 1.165) is 31.6 Å². The molecule has 1 aromatic carbocycles. The Bertz CT molecular complexity index is 683. The van der Waals surface area contributed by atoms with E-state index in [0.29, 0.717) is 22.4 Å². The van der Waals surface area contributed by atoms with Gasteiger partial charge < -0.3 is 14.3 Å². The molecule has 1 unspecified atom stereocenters. The number of aromatic amines is 1. The topological polar surface area (TPSA) is 29.9 Å². The fourth-order valence-corrected chi connectivity index (χ4v) is 2.95. The summed E-state index contributed by atoms with van der Waals surface area (Å²) in [6.07, 6.45) is -2.50. The zero-order chi connectivity index (χ0) is 14.3. The lowest BCUT2D eigenvalue weighted by Crippen LogP contribution is -2.21. The van der Waals surface area contributed by atoms with Gasteiger partial charge in [0.1, 0.15) is 0 Å². The van der Waals surface area contributed by atoms with E-state index >= 15 is 0 Å². The zero-order valence-electron chi connectivity index (χ0n) is 10.5. The Morgan fingerprint density at radius 1 is 1.35 bits per heavy atom. The largest absolute Gasteiger partial charge is 0.416 e. The molecule has 3 rings (SSSR count). The normalized spacial score (nSPS) is 20.4. The lowest BCUT2D eigenvalue weighted by molar-refractivity contribution is -0.137. The number of nitrogens with one attached hydrogen (secondary N) is 1. The Kier molecular flexibility index (Phi) is 3.33. The second-order valence-electron chi connectivity index (χ2n) is 4.90. The first kappa shape index (κ1) is 13.6. The molecule has 1 saturated heterocycles. The standard InChI is InChI=1S/C13H13F3N2OS/c14-13(15,16)8-3-4-11-10(6-8)17-12(20)18(11)9-2-1-5-19-7-9/h3-4,6,9H,1-2,5,7H2,(H,17,20). The van der Waals surface area contributed by atoms with Crippen LogP contribution in [-0.2, 0) is 10.9 Å². The smallest absolute Gasteiger partial charge is 0.379 e. The van der Waals surface area contributed by atoms with Crippen molar-refractivity contribution in [2.75, 3.05) is 13.2 Å². The van der Waals surface area contributed by atoms with Crippen LogP contribution in [0.4, 0.5) is 13.2 Å². The van der Waals surface area contributed by atoms with Gasteiger partial charge in [0.15, 0.2) is 4.77 Å². The molecule has 0 bridgehead atoms. The third kappa shape index (κ3) is 2.35. The molecule has 20 heavy (non-hydrogen) atoms. The van der Waals surface area contributed by atoms with Gasteiger partial charge in [0.05, 0.1) is 29.2 Å². The first-order valence-corrected chi connectivity index (χ1v) is 6.77. The van der Waals surface area contributed by atoms with E-state index in [9.17, 15) is 13.2 Å². The first-order chi connectivity index (χ1) is 9.47. The highest BCUT2D eigenvalue weighted by molar-refractivity contribution is 7.71. The molecule has 2 heterocycles. The number of nitrogens with zero attached hydrogens (tertiary/aromatic N) is 1. The summed E-state index contributed by atoms with van der Waals surface area (Å²) in [6, 6.07) is 3.75. The fraction of sp³-hybridized carbons (Fsp3) is 0.462. The maximum Gasteiger partial charge on any atom is 0.416 e. The molecular formula is C13H13F3N2OS. The molecule has 1 aromatic heterocycles. The van der Waals surface area contributed by atoms with Crippen molar-refractivity contribution >= 4 is 23.3 Å². The van der Waals surface area contributed by atoms with Gasteiger partial charge in [0, 0.05) is 6.61 Å². The van der Waals surface area contributed by atoms with Crippen LogP contribution < -0.4 is 0 Å². The van der Waals surface area contributed by atoms with Crippen LogP contribution in [-0.4, -0.2) is 22.8 Å². The first-order valence-electron chi connectivity index (χ1n) is 6.36. The number of ether oxygens (including phenoxy) is 1. The summed E-state index contributed by atoms with van der Waals surface area (Å²) in [5.41, 5.74) is 0.433. The average molecular weight is 302 g/mol. The summed E-state index contributed by atoms with van der Waals surface area (Å²) in [6.45, 7) is 1.27. The second-order valence-corrected chi connectivity index (χ2v) is 5.29. The summed E-state index contributed by atoms with van der Waals surface area (Å²) in [5, 5.41) is 0. The van der Waals surface area contributed by atoms with Crippen LogP contribution in [0.5, 0.6) is 0 Å². The van der Waals surface area contributed by atoms with Crippen LogP contribution in [0.3, 0.4) is 0 Å². The van der Waals surface area contributed by atoms with Crippen molar-refractivity contribution in [2.24, 2.45) is 0 Å². The number of hydrogen-bond donors (Lipinski definition) is 1.